The summed E-state index contributed by atoms with van der Waals surface area (Å²) in [4.78, 5) is 23.6. The fourth-order valence-electron chi connectivity index (χ4n) is 2.10. The van der Waals surface area contributed by atoms with Gasteiger partial charge in [-0.2, -0.15) is 0 Å². The van der Waals surface area contributed by atoms with Crippen molar-refractivity contribution in [2.45, 2.75) is 11.3 Å². The van der Waals surface area contributed by atoms with E-state index in [1.54, 1.807) is 23.7 Å². The van der Waals surface area contributed by atoms with Gasteiger partial charge in [-0.1, -0.05) is 0 Å². The molecule has 2 aromatic rings. The topological polar surface area (TPSA) is 73.2 Å². The SMILES string of the molecule is Cn1c(CC(=O)Cl)ccc1C(=O)c1ccc(S(C)(=O)=O)cc1. The van der Waals surface area contributed by atoms with Gasteiger partial charge in [-0.05, 0) is 48.0 Å². The van der Waals surface area contributed by atoms with Gasteiger partial charge in [-0.25, -0.2) is 8.42 Å². The summed E-state index contributed by atoms with van der Waals surface area (Å²) in [7, 11) is -1.62. The van der Waals surface area contributed by atoms with E-state index in [0.717, 1.165) is 6.26 Å². The Labute approximate surface area is 133 Å². The molecule has 0 aliphatic rings. The molecule has 0 aliphatic carbocycles. The van der Waals surface area contributed by atoms with Crippen LogP contribution >= 0.6 is 11.6 Å². The van der Waals surface area contributed by atoms with Gasteiger partial charge >= 0.3 is 0 Å². The van der Waals surface area contributed by atoms with E-state index in [4.69, 9.17) is 11.6 Å². The van der Waals surface area contributed by atoms with Gasteiger partial charge in [-0.3, -0.25) is 9.59 Å². The molecule has 0 radical (unpaired) electrons. The van der Waals surface area contributed by atoms with Crippen LogP contribution in [0.3, 0.4) is 0 Å². The summed E-state index contributed by atoms with van der Waals surface area (Å²) in [5.74, 6) is -0.254. The highest BCUT2D eigenvalue weighted by Crippen LogP contribution is 2.16. The number of carbonyl (C=O) groups is 2. The van der Waals surface area contributed by atoms with Crippen molar-refractivity contribution in [3.63, 3.8) is 0 Å². The van der Waals surface area contributed by atoms with Gasteiger partial charge in [0.15, 0.2) is 9.84 Å². The van der Waals surface area contributed by atoms with Crippen LogP contribution in [0.5, 0.6) is 0 Å². The summed E-state index contributed by atoms with van der Waals surface area (Å²) in [5.41, 5.74) is 1.41. The first-order valence-electron chi connectivity index (χ1n) is 6.38. The Kier molecular flexibility index (Phi) is 4.53. The predicted octanol–water partition coefficient (Wildman–Crippen LogP) is 1.97. The summed E-state index contributed by atoms with van der Waals surface area (Å²) in [5, 5.41) is -0.502. The molecule has 0 unspecified atom stereocenters. The molecule has 2 rings (SSSR count). The van der Waals surface area contributed by atoms with Crippen LogP contribution in [0.1, 0.15) is 21.7 Å². The van der Waals surface area contributed by atoms with Crippen molar-refractivity contribution in [2.24, 2.45) is 7.05 Å². The van der Waals surface area contributed by atoms with Crippen LogP contribution in [0.2, 0.25) is 0 Å². The van der Waals surface area contributed by atoms with Gasteiger partial charge in [-0.15, -0.1) is 0 Å². The first kappa shape index (κ1) is 16.5. The van der Waals surface area contributed by atoms with Crippen molar-refractivity contribution in [1.82, 2.24) is 4.57 Å². The largest absolute Gasteiger partial charge is 0.345 e. The first-order chi connectivity index (χ1) is 10.2. The number of hydrogen-bond acceptors (Lipinski definition) is 4. The van der Waals surface area contributed by atoms with E-state index in [0.29, 0.717) is 17.0 Å². The van der Waals surface area contributed by atoms with E-state index in [1.165, 1.54) is 24.3 Å². The molecule has 0 N–H and O–H groups in total. The lowest BCUT2D eigenvalue weighted by atomic mass is 10.1. The Morgan fingerprint density at radius 1 is 1.09 bits per heavy atom. The van der Waals surface area contributed by atoms with Crippen LogP contribution < -0.4 is 0 Å². The van der Waals surface area contributed by atoms with Gasteiger partial charge in [0.25, 0.3) is 0 Å². The Hall–Kier alpha value is -1.92. The first-order valence-corrected chi connectivity index (χ1v) is 8.65. The van der Waals surface area contributed by atoms with E-state index in [9.17, 15) is 18.0 Å². The molecular formula is C15H14ClNO4S. The summed E-state index contributed by atoms with van der Waals surface area (Å²) >= 11 is 5.36. The van der Waals surface area contributed by atoms with E-state index in [-0.39, 0.29) is 17.1 Å². The van der Waals surface area contributed by atoms with Crippen LogP contribution in [0.4, 0.5) is 0 Å². The van der Waals surface area contributed by atoms with Crippen molar-refractivity contribution in [3.05, 3.63) is 53.3 Å². The average molecular weight is 340 g/mol. The monoisotopic (exact) mass is 339 g/mol. The second-order valence-corrected chi connectivity index (χ2v) is 7.36. The lowest BCUT2D eigenvalue weighted by Crippen LogP contribution is -2.10. The van der Waals surface area contributed by atoms with Gasteiger partial charge in [0.1, 0.15) is 0 Å². The molecule has 22 heavy (non-hydrogen) atoms. The molecule has 1 heterocycles. The molecule has 0 saturated carbocycles. The normalized spacial score (nSPS) is 11.4. The van der Waals surface area contributed by atoms with Crippen LogP contribution in [0, 0.1) is 0 Å². The second-order valence-electron chi connectivity index (χ2n) is 4.93. The van der Waals surface area contributed by atoms with Crippen molar-refractivity contribution in [2.75, 3.05) is 6.26 Å². The molecule has 0 spiro atoms. The smallest absolute Gasteiger partial charge is 0.227 e. The molecule has 5 nitrogen and oxygen atoms in total. The third kappa shape index (κ3) is 3.45. The standard InChI is InChI=1S/C15H14ClNO4S/c1-17-11(9-14(16)18)5-8-13(17)15(19)10-3-6-12(7-4-10)22(2,20)21/h3-8H,9H2,1-2H3. The molecule has 1 aromatic heterocycles. The van der Waals surface area contributed by atoms with E-state index in [1.807, 2.05) is 0 Å². The van der Waals surface area contributed by atoms with Crippen molar-refractivity contribution < 1.29 is 18.0 Å². The minimum atomic E-state index is -3.30. The maximum atomic E-state index is 12.4. The van der Waals surface area contributed by atoms with Crippen molar-refractivity contribution >= 4 is 32.5 Å². The van der Waals surface area contributed by atoms with Crippen LogP contribution in [0.25, 0.3) is 0 Å². The highest BCUT2D eigenvalue weighted by atomic mass is 35.5. The number of benzene rings is 1. The quantitative estimate of drug-likeness (QED) is 0.616. The fraction of sp³-hybridized carbons (Fsp3) is 0.200. The maximum absolute atomic E-state index is 12.4. The zero-order valence-electron chi connectivity index (χ0n) is 12.0. The number of rotatable bonds is 5. The summed E-state index contributed by atoms with van der Waals surface area (Å²) in [6, 6.07) is 9.01. The Morgan fingerprint density at radius 2 is 1.68 bits per heavy atom. The summed E-state index contributed by atoms with van der Waals surface area (Å²) in [6.45, 7) is 0. The second kappa shape index (κ2) is 6.06. The Bertz CT molecular complexity index is 835. The van der Waals surface area contributed by atoms with E-state index in [2.05, 4.69) is 0 Å². The average Bonchev–Trinajstić information content (AvgIpc) is 2.78. The number of carbonyl (C=O) groups excluding carboxylic acids is 2. The molecule has 0 amide bonds. The number of aromatic nitrogens is 1. The summed E-state index contributed by atoms with van der Waals surface area (Å²) in [6.07, 6.45) is 1.15. The lowest BCUT2D eigenvalue weighted by molar-refractivity contribution is -0.111. The molecule has 116 valence electrons. The number of sulfone groups is 1. The highest BCUT2D eigenvalue weighted by molar-refractivity contribution is 7.90. The molecule has 0 atom stereocenters. The van der Waals surface area contributed by atoms with Gasteiger partial charge in [0.05, 0.1) is 17.0 Å². The van der Waals surface area contributed by atoms with E-state index < -0.39 is 15.1 Å². The van der Waals surface area contributed by atoms with Gasteiger partial charge in [0.2, 0.25) is 11.0 Å². The van der Waals surface area contributed by atoms with Gasteiger partial charge in [0, 0.05) is 24.6 Å². The van der Waals surface area contributed by atoms with Crippen LogP contribution in [-0.2, 0) is 28.1 Å². The number of ketones is 1. The van der Waals surface area contributed by atoms with Crippen molar-refractivity contribution in [1.29, 1.82) is 0 Å². The van der Waals surface area contributed by atoms with Crippen LogP contribution in [-0.4, -0.2) is 30.3 Å². The third-order valence-corrected chi connectivity index (χ3v) is 4.59. The molecule has 0 aliphatic heterocycles. The minimum absolute atomic E-state index is 0.0400. The summed E-state index contributed by atoms with van der Waals surface area (Å²) < 4.78 is 24.4. The molecule has 7 heteroatoms. The minimum Gasteiger partial charge on any atom is -0.345 e. The molecule has 0 saturated heterocycles. The molecular weight excluding hydrogens is 326 g/mol. The predicted molar refractivity (Wildman–Crippen MR) is 83.0 cm³/mol. The molecule has 0 fully saturated rings. The third-order valence-electron chi connectivity index (χ3n) is 3.32. The zero-order valence-corrected chi connectivity index (χ0v) is 13.6. The number of halogens is 1. The van der Waals surface area contributed by atoms with Crippen LogP contribution in [0.15, 0.2) is 41.3 Å². The van der Waals surface area contributed by atoms with Gasteiger partial charge < -0.3 is 4.57 Å². The molecule has 0 bridgehead atoms. The van der Waals surface area contributed by atoms with Crippen molar-refractivity contribution in [3.8, 4) is 0 Å². The number of nitrogens with zero attached hydrogens (tertiary/aromatic N) is 1. The highest BCUT2D eigenvalue weighted by Gasteiger charge is 2.16. The zero-order chi connectivity index (χ0) is 16.5. The maximum Gasteiger partial charge on any atom is 0.227 e. The Morgan fingerprint density at radius 3 is 2.18 bits per heavy atom. The van der Waals surface area contributed by atoms with E-state index >= 15 is 0 Å². The Balaban J connectivity index is 2.33. The fourth-order valence-corrected chi connectivity index (χ4v) is 2.87. The number of hydrogen-bond donors (Lipinski definition) is 0. The molecule has 1 aromatic carbocycles. The lowest BCUT2D eigenvalue weighted by Gasteiger charge is -2.06.